The molecule has 0 amide bonds. The van der Waals surface area contributed by atoms with Gasteiger partial charge in [-0.1, -0.05) is 6.07 Å². The number of nitrogen functional groups attached to an aromatic ring is 1. The molecule has 0 aliphatic carbocycles. The molecule has 5 rings (SSSR count). The molecule has 11 nitrogen and oxygen atoms in total. The first-order valence-electron chi connectivity index (χ1n) is 12.8. The third kappa shape index (κ3) is 5.15. The van der Waals surface area contributed by atoms with Gasteiger partial charge in [-0.25, -0.2) is 9.78 Å². The fraction of sp³-hybridized carbons (Fsp3) is 0.161. The Morgan fingerprint density at radius 1 is 0.929 bits per heavy atom. The van der Waals surface area contributed by atoms with E-state index in [1.54, 1.807) is 67.0 Å². The molecule has 0 saturated carbocycles. The van der Waals surface area contributed by atoms with Crippen LogP contribution in [0.15, 0.2) is 77.9 Å². The van der Waals surface area contributed by atoms with E-state index in [0.29, 0.717) is 45.1 Å². The number of aromatic nitrogens is 3. The highest BCUT2D eigenvalue weighted by Crippen LogP contribution is 2.43. The zero-order valence-electron chi connectivity index (χ0n) is 23.4. The Bertz CT molecular complexity index is 1800. The van der Waals surface area contributed by atoms with E-state index in [1.807, 2.05) is 6.07 Å². The number of benzene rings is 2. The largest absolute Gasteiger partial charge is 0.493 e. The summed E-state index contributed by atoms with van der Waals surface area (Å²) < 4.78 is 29.0. The van der Waals surface area contributed by atoms with Crippen molar-refractivity contribution in [3.05, 3.63) is 94.7 Å². The number of ether oxygens (including phenoxy) is 5. The number of pyridine rings is 3. The third-order valence-electron chi connectivity index (χ3n) is 6.60. The summed E-state index contributed by atoms with van der Waals surface area (Å²) in [6.45, 7) is 0.193. The number of nitrogens with two attached hydrogens (primary N) is 1. The van der Waals surface area contributed by atoms with Gasteiger partial charge in [0, 0.05) is 46.3 Å². The van der Waals surface area contributed by atoms with E-state index >= 15 is 0 Å². The van der Waals surface area contributed by atoms with Crippen molar-refractivity contribution < 1.29 is 28.5 Å². The Labute approximate surface area is 241 Å². The average molecular weight is 569 g/mol. The molecule has 11 heteroatoms. The lowest BCUT2D eigenvalue weighted by molar-refractivity contribution is 0.0591. The monoisotopic (exact) mass is 568 g/mol. The Balaban J connectivity index is 1.85. The van der Waals surface area contributed by atoms with Gasteiger partial charge in [0.1, 0.15) is 17.8 Å². The fourth-order valence-corrected chi connectivity index (χ4v) is 4.65. The molecule has 3 heterocycles. The summed E-state index contributed by atoms with van der Waals surface area (Å²) in [6.07, 6.45) is 3.35. The zero-order chi connectivity index (χ0) is 29.8. The Hall–Kier alpha value is -5.58. The number of carbonyl (C=O) groups is 1. The van der Waals surface area contributed by atoms with E-state index < -0.39 is 11.5 Å². The normalized spacial score (nSPS) is 10.8. The molecule has 0 aliphatic heterocycles. The summed E-state index contributed by atoms with van der Waals surface area (Å²) >= 11 is 0. The van der Waals surface area contributed by atoms with Crippen molar-refractivity contribution >= 4 is 22.6 Å². The van der Waals surface area contributed by atoms with Crippen molar-refractivity contribution in [2.24, 2.45) is 0 Å². The average Bonchev–Trinajstić information content (AvgIpc) is 3.03. The van der Waals surface area contributed by atoms with E-state index in [9.17, 15) is 9.59 Å². The molecule has 0 aliphatic rings. The van der Waals surface area contributed by atoms with Crippen molar-refractivity contribution in [2.75, 3.05) is 34.2 Å². The van der Waals surface area contributed by atoms with Crippen LogP contribution in [0, 0.1) is 0 Å². The molecule has 0 fully saturated rings. The number of hydrogen-bond donors (Lipinski definition) is 1. The van der Waals surface area contributed by atoms with E-state index in [-0.39, 0.29) is 23.7 Å². The standard InChI is InChI=1S/C31H28N4O7/c1-38-23-14-19(15-24(39-2)29(23)40-3)26-22-11-12-25(42-17-18-6-5-13-33-16-18)34-27(22)30(36)35(28(26)31(37)41-4)21-9-7-20(32)8-10-21/h5-16H,17,32H2,1-4H3. The number of nitrogens with zero attached hydrogens (tertiary/aromatic N) is 3. The molecule has 0 atom stereocenters. The van der Waals surface area contributed by atoms with Crippen LogP contribution < -0.4 is 30.2 Å². The Kier molecular flexibility index (Phi) is 7.91. The molecule has 0 spiro atoms. The van der Waals surface area contributed by atoms with Gasteiger partial charge in [-0.15, -0.1) is 0 Å². The molecule has 3 aromatic heterocycles. The van der Waals surface area contributed by atoms with E-state index in [1.165, 1.54) is 33.0 Å². The van der Waals surface area contributed by atoms with Gasteiger partial charge < -0.3 is 29.4 Å². The molecule has 0 radical (unpaired) electrons. The molecule has 2 N–H and O–H groups in total. The van der Waals surface area contributed by atoms with Crippen LogP contribution in [0.5, 0.6) is 23.1 Å². The molecule has 2 aromatic carbocycles. The molecule has 214 valence electrons. The second kappa shape index (κ2) is 11.9. The molecule has 0 saturated heterocycles. The topological polar surface area (TPSA) is 137 Å². The number of fused-ring (bicyclic) bond motifs is 1. The lowest BCUT2D eigenvalue weighted by Gasteiger charge is -2.20. The van der Waals surface area contributed by atoms with Crippen molar-refractivity contribution in [1.82, 2.24) is 14.5 Å². The fourth-order valence-electron chi connectivity index (χ4n) is 4.65. The predicted octanol–water partition coefficient (Wildman–Crippen LogP) is 4.42. The van der Waals surface area contributed by atoms with Gasteiger partial charge in [0.05, 0.1) is 28.4 Å². The van der Waals surface area contributed by atoms with E-state index in [0.717, 1.165) is 5.56 Å². The van der Waals surface area contributed by atoms with Crippen molar-refractivity contribution in [2.45, 2.75) is 6.61 Å². The summed E-state index contributed by atoms with van der Waals surface area (Å²) in [5.74, 6) is 0.542. The lowest BCUT2D eigenvalue weighted by atomic mass is 9.97. The molecule has 5 aromatic rings. The maximum atomic E-state index is 14.1. The van der Waals surface area contributed by atoms with Crippen LogP contribution in [0.2, 0.25) is 0 Å². The maximum absolute atomic E-state index is 14.1. The van der Waals surface area contributed by atoms with Gasteiger partial charge in [-0.05, 0) is 54.1 Å². The smallest absolute Gasteiger partial charge is 0.355 e. The van der Waals surface area contributed by atoms with Gasteiger partial charge in [0.25, 0.3) is 5.56 Å². The SMILES string of the molecule is COC(=O)c1c(-c2cc(OC)c(OC)c(OC)c2)c2ccc(OCc3cccnc3)nc2c(=O)n1-c1ccc(N)cc1. The van der Waals surface area contributed by atoms with Crippen LogP contribution in [0.4, 0.5) is 5.69 Å². The zero-order valence-corrected chi connectivity index (χ0v) is 23.4. The van der Waals surface area contributed by atoms with Crippen molar-refractivity contribution in [3.8, 4) is 39.9 Å². The number of hydrogen-bond acceptors (Lipinski definition) is 10. The van der Waals surface area contributed by atoms with Crippen LogP contribution in [0.25, 0.3) is 27.7 Å². The quantitative estimate of drug-likeness (QED) is 0.201. The Morgan fingerprint density at radius 2 is 1.64 bits per heavy atom. The summed E-state index contributed by atoms with van der Waals surface area (Å²) in [5.41, 5.74) is 7.95. The number of esters is 1. The first-order chi connectivity index (χ1) is 20.4. The van der Waals surface area contributed by atoms with Crippen molar-refractivity contribution in [3.63, 3.8) is 0 Å². The summed E-state index contributed by atoms with van der Waals surface area (Å²) in [4.78, 5) is 36.3. The van der Waals surface area contributed by atoms with Gasteiger partial charge in [-0.2, -0.15) is 0 Å². The predicted molar refractivity (Wildman–Crippen MR) is 157 cm³/mol. The van der Waals surface area contributed by atoms with Gasteiger partial charge in [0.2, 0.25) is 11.6 Å². The second-order valence-electron chi connectivity index (χ2n) is 9.06. The first kappa shape index (κ1) is 28.0. The summed E-state index contributed by atoms with van der Waals surface area (Å²) in [7, 11) is 5.72. The third-order valence-corrected chi connectivity index (χ3v) is 6.60. The molecular formula is C31H28N4O7. The lowest BCUT2D eigenvalue weighted by Crippen LogP contribution is -2.27. The molecular weight excluding hydrogens is 540 g/mol. The highest BCUT2D eigenvalue weighted by molar-refractivity contribution is 6.06. The molecule has 42 heavy (non-hydrogen) atoms. The Morgan fingerprint density at radius 3 is 2.24 bits per heavy atom. The van der Waals surface area contributed by atoms with Crippen LogP contribution in [-0.4, -0.2) is 48.9 Å². The minimum atomic E-state index is -0.744. The van der Waals surface area contributed by atoms with Crippen molar-refractivity contribution in [1.29, 1.82) is 0 Å². The van der Waals surface area contributed by atoms with E-state index in [4.69, 9.17) is 29.4 Å². The van der Waals surface area contributed by atoms with E-state index in [2.05, 4.69) is 9.97 Å². The highest BCUT2D eigenvalue weighted by atomic mass is 16.5. The minimum Gasteiger partial charge on any atom is -0.493 e. The number of methoxy groups -OCH3 is 4. The first-order valence-corrected chi connectivity index (χ1v) is 12.8. The highest BCUT2D eigenvalue weighted by Gasteiger charge is 2.28. The minimum absolute atomic E-state index is 0.0279. The van der Waals surface area contributed by atoms with Gasteiger partial charge in [-0.3, -0.25) is 14.3 Å². The number of rotatable bonds is 9. The van der Waals surface area contributed by atoms with Gasteiger partial charge in [0.15, 0.2) is 11.5 Å². The number of anilines is 1. The summed E-state index contributed by atoms with van der Waals surface area (Å²) in [6, 6.07) is 16.9. The van der Waals surface area contributed by atoms with Crippen LogP contribution in [0.3, 0.4) is 0 Å². The second-order valence-corrected chi connectivity index (χ2v) is 9.06. The number of carbonyl (C=O) groups excluding carboxylic acids is 1. The molecule has 0 unspecified atom stereocenters. The van der Waals surface area contributed by atoms with Crippen LogP contribution in [-0.2, 0) is 11.3 Å². The van der Waals surface area contributed by atoms with Gasteiger partial charge >= 0.3 is 5.97 Å². The summed E-state index contributed by atoms with van der Waals surface area (Å²) in [5, 5.41) is 0.384. The molecule has 0 bridgehead atoms. The maximum Gasteiger partial charge on any atom is 0.355 e. The van der Waals surface area contributed by atoms with Crippen LogP contribution >= 0.6 is 0 Å². The van der Waals surface area contributed by atoms with Crippen LogP contribution in [0.1, 0.15) is 16.1 Å².